The van der Waals surface area contributed by atoms with Gasteiger partial charge in [0.05, 0.1) is 25.2 Å². The number of benzene rings is 1. The number of ether oxygens (including phenoxy) is 2. The minimum absolute atomic E-state index is 0.0334. The fourth-order valence-corrected chi connectivity index (χ4v) is 3.57. The molecule has 1 N–H and O–H groups in total. The first-order chi connectivity index (χ1) is 14.3. The third kappa shape index (κ3) is 4.79. The van der Waals surface area contributed by atoms with Gasteiger partial charge in [-0.05, 0) is 62.9 Å². The minimum atomic E-state index is -0.0334. The molecule has 0 unspecified atom stereocenters. The summed E-state index contributed by atoms with van der Waals surface area (Å²) in [5.41, 5.74) is 5.63. The van der Waals surface area contributed by atoms with Crippen molar-refractivity contribution in [1.29, 1.82) is 0 Å². The first kappa shape index (κ1) is 21.8. The van der Waals surface area contributed by atoms with E-state index in [1.807, 2.05) is 59.0 Å². The van der Waals surface area contributed by atoms with Crippen LogP contribution < -0.4 is 10.1 Å². The van der Waals surface area contributed by atoms with Crippen molar-refractivity contribution in [1.82, 2.24) is 14.8 Å². The molecule has 0 aliphatic carbocycles. The first-order valence-corrected chi connectivity index (χ1v) is 10.2. The lowest BCUT2D eigenvalue weighted by Gasteiger charge is -2.12. The molecule has 0 aliphatic rings. The molecule has 7 nitrogen and oxygen atoms in total. The summed E-state index contributed by atoms with van der Waals surface area (Å²) in [4.78, 5) is 17.3. The van der Waals surface area contributed by atoms with Crippen LogP contribution in [-0.2, 0) is 29.6 Å². The molecule has 0 spiro atoms. The lowest BCUT2D eigenvalue weighted by Crippen LogP contribution is -2.13. The number of rotatable bonds is 8. The summed E-state index contributed by atoms with van der Waals surface area (Å²) < 4.78 is 12.8. The van der Waals surface area contributed by atoms with Gasteiger partial charge in [0.1, 0.15) is 0 Å². The number of hydrogen-bond donors (Lipinski definition) is 1. The zero-order valence-corrected chi connectivity index (χ0v) is 18.6. The third-order valence-corrected chi connectivity index (χ3v) is 5.11. The number of fused-ring (bicyclic) bond motifs is 1. The van der Waals surface area contributed by atoms with Crippen LogP contribution in [0.2, 0.25) is 0 Å². The zero-order chi connectivity index (χ0) is 21.8. The Morgan fingerprint density at radius 1 is 1.27 bits per heavy atom. The standard InChI is InChI=1S/C23H30N4O3/c1-14(2)30-13-17-8-7-9-18(12-17)25-20(28)11-10-19-15(3)21-22(24-16(19)4)27(5)26-23(21)29-6/h7-9,12,14H,10-11,13H2,1-6H3,(H,25,28). The van der Waals surface area contributed by atoms with Crippen LogP contribution in [-0.4, -0.2) is 33.9 Å². The first-order valence-electron chi connectivity index (χ1n) is 10.2. The van der Waals surface area contributed by atoms with E-state index in [1.54, 1.807) is 11.8 Å². The lowest BCUT2D eigenvalue weighted by atomic mass is 10.00. The van der Waals surface area contributed by atoms with Gasteiger partial charge >= 0.3 is 0 Å². The monoisotopic (exact) mass is 410 g/mol. The second kappa shape index (κ2) is 9.26. The second-order valence-electron chi connectivity index (χ2n) is 7.74. The molecular formula is C23H30N4O3. The second-order valence-corrected chi connectivity index (χ2v) is 7.74. The van der Waals surface area contributed by atoms with Gasteiger partial charge in [-0.1, -0.05) is 12.1 Å². The summed E-state index contributed by atoms with van der Waals surface area (Å²) in [6.45, 7) is 8.54. The molecule has 0 saturated heterocycles. The largest absolute Gasteiger partial charge is 0.479 e. The molecule has 160 valence electrons. The van der Waals surface area contributed by atoms with Gasteiger partial charge in [-0.15, -0.1) is 5.10 Å². The van der Waals surface area contributed by atoms with Crippen molar-refractivity contribution in [2.75, 3.05) is 12.4 Å². The van der Waals surface area contributed by atoms with Crippen LogP contribution >= 0.6 is 0 Å². The maximum Gasteiger partial charge on any atom is 0.242 e. The Hall–Kier alpha value is -2.93. The van der Waals surface area contributed by atoms with Gasteiger partial charge in [0.25, 0.3) is 0 Å². The number of amides is 1. The molecule has 30 heavy (non-hydrogen) atoms. The van der Waals surface area contributed by atoms with E-state index < -0.39 is 0 Å². The molecule has 0 radical (unpaired) electrons. The number of aryl methyl sites for hydroxylation is 3. The molecule has 3 aromatic rings. The van der Waals surface area contributed by atoms with Crippen molar-refractivity contribution in [2.24, 2.45) is 7.05 Å². The fourth-order valence-electron chi connectivity index (χ4n) is 3.57. The Kier molecular flexibility index (Phi) is 6.72. The molecule has 0 bridgehead atoms. The topological polar surface area (TPSA) is 78.3 Å². The number of methoxy groups -OCH3 is 1. The van der Waals surface area contributed by atoms with E-state index in [0.717, 1.165) is 39.1 Å². The molecular weight excluding hydrogens is 380 g/mol. The molecule has 7 heteroatoms. The Bertz CT molecular complexity index is 1060. The maximum atomic E-state index is 12.6. The zero-order valence-electron chi connectivity index (χ0n) is 18.6. The number of pyridine rings is 1. The van der Waals surface area contributed by atoms with Crippen molar-refractivity contribution >= 4 is 22.6 Å². The number of hydrogen-bond acceptors (Lipinski definition) is 5. The number of aromatic nitrogens is 3. The summed E-state index contributed by atoms with van der Waals surface area (Å²) in [6.07, 6.45) is 1.13. The predicted octanol–water partition coefficient (Wildman–Crippen LogP) is 4.09. The van der Waals surface area contributed by atoms with E-state index in [1.165, 1.54) is 0 Å². The predicted molar refractivity (Wildman–Crippen MR) is 118 cm³/mol. The van der Waals surface area contributed by atoms with Crippen LogP contribution in [0.25, 0.3) is 11.0 Å². The molecule has 3 rings (SSSR count). The van der Waals surface area contributed by atoms with Crippen LogP contribution in [0.5, 0.6) is 5.88 Å². The van der Waals surface area contributed by atoms with Gasteiger partial charge in [0.2, 0.25) is 11.8 Å². The van der Waals surface area contributed by atoms with Gasteiger partial charge in [-0.25, -0.2) is 9.67 Å². The molecule has 0 fully saturated rings. The highest BCUT2D eigenvalue weighted by Gasteiger charge is 2.18. The Labute approximate surface area is 177 Å². The van der Waals surface area contributed by atoms with Crippen molar-refractivity contribution in [3.8, 4) is 5.88 Å². The maximum absolute atomic E-state index is 12.6. The van der Waals surface area contributed by atoms with Gasteiger partial charge in [0.15, 0.2) is 5.65 Å². The highest BCUT2D eigenvalue weighted by atomic mass is 16.5. The summed E-state index contributed by atoms with van der Waals surface area (Å²) in [6, 6.07) is 7.76. The van der Waals surface area contributed by atoms with E-state index in [9.17, 15) is 4.79 Å². The molecule has 0 aliphatic heterocycles. The van der Waals surface area contributed by atoms with Gasteiger partial charge in [-0.3, -0.25) is 4.79 Å². The normalized spacial score (nSPS) is 11.3. The molecule has 0 saturated carbocycles. The smallest absolute Gasteiger partial charge is 0.242 e. The van der Waals surface area contributed by atoms with Crippen molar-refractivity contribution in [3.63, 3.8) is 0 Å². The number of nitrogens with one attached hydrogen (secondary N) is 1. The number of nitrogens with zero attached hydrogens (tertiary/aromatic N) is 3. The average molecular weight is 411 g/mol. The third-order valence-electron chi connectivity index (χ3n) is 5.11. The van der Waals surface area contributed by atoms with Crippen molar-refractivity contribution in [2.45, 2.75) is 53.2 Å². The summed E-state index contributed by atoms with van der Waals surface area (Å²) in [7, 11) is 3.46. The van der Waals surface area contributed by atoms with Gasteiger partial charge in [-0.2, -0.15) is 0 Å². The summed E-state index contributed by atoms with van der Waals surface area (Å²) >= 11 is 0. The Balaban J connectivity index is 1.71. The summed E-state index contributed by atoms with van der Waals surface area (Å²) in [5.74, 6) is 0.526. The van der Waals surface area contributed by atoms with E-state index >= 15 is 0 Å². The Morgan fingerprint density at radius 2 is 2.03 bits per heavy atom. The molecule has 2 heterocycles. The quantitative estimate of drug-likeness (QED) is 0.605. The van der Waals surface area contributed by atoms with E-state index in [0.29, 0.717) is 25.3 Å². The number of carbonyl (C=O) groups excluding carboxylic acids is 1. The highest BCUT2D eigenvalue weighted by molar-refractivity contribution is 5.91. The molecule has 1 aromatic carbocycles. The van der Waals surface area contributed by atoms with E-state index in [2.05, 4.69) is 15.4 Å². The Morgan fingerprint density at radius 3 is 2.73 bits per heavy atom. The number of anilines is 1. The van der Waals surface area contributed by atoms with Crippen LogP contribution in [0.15, 0.2) is 24.3 Å². The SMILES string of the molecule is COc1nn(C)c2nc(C)c(CCC(=O)Nc3cccc(COC(C)C)c3)c(C)c12. The summed E-state index contributed by atoms with van der Waals surface area (Å²) in [5, 5.41) is 8.27. The average Bonchev–Trinajstić information content (AvgIpc) is 3.02. The van der Waals surface area contributed by atoms with Gasteiger partial charge in [0, 0.05) is 24.8 Å². The van der Waals surface area contributed by atoms with Crippen LogP contribution in [0.4, 0.5) is 5.69 Å². The van der Waals surface area contributed by atoms with Gasteiger partial charge < -0.3 is 14.8 Å². The highest BCUT2D eigenvalue weighted by Crippen LogP contribution is 2.30. The van der Waals surface area contributed by atoms with Crippen molar-refractivity contribution in [3.05, 3.63) is 46.6 Å². The lowest BCUT2D eigenvalue weighted by molar-refractivity contribution is -0.116. The van der Waals surface area contributed by atoms with Crippen LogP contribution in [0.3, 0.4) is 0 Å². The molecule has 2 aromatic heterocycles. The fraction of sp³-hybridized carbons (Fsp3) is 0.435. The van der Waals surface area contributed by atoms with Crippen LogP contribution in [0.1, 0.15) is 42.7 Å². The number of carbonyl (C=O) groups is 1. The van der Waals surface area contributed by atoms with Crippen molar-refractivity contribution < 1.29 is 14.3 Å². The van der Waals surface area contributed by atoms with E-state index in [-0.39, 0.29) is 12.0 Å². The molecule has 1 amide bonds. The minimum Gasteiger partial charge on any atom is -0.479 e. The van der Waals surface area contributed by atoms with Crippen LogP contribution in [0, 0.1) is 13.8 Å². The molecule has 0 atom stereocenters. The van der Waals surface area contributed by atoms with E-state index in [4.69, 9.17) is 9.47 Å².